The van der Waals surface area contributed by atoms with E-state index in [1.54, 1.807) is 47.1 Å². The van der Waals surface area contributed by atoms with E-state index in [0.717, 1.165) is 0 Å². The highest BCUT2D eigenvalue weighted by atomic mass is 79.9. The molecule has 0 radical (unpaired) electrons. The zero-order valence-electron chi connectivity index (χ0n) is 16.9. The summed E-state index contributed by atoms with van der Waals surface area (Å²) in [7, 11) is -2.13. The number of methoxy groups -OCH3 is 1. The van der Waals surface area contributed by atoms with Gasteiger partial charge in [0.15, 0.2) is 5.65 Å². The van der Waals surface area contributed by atoms with Crippen LogP contribution in [0.2, 0.25) is 0 Å². The lowest BCUT2D eigenvalue weighted by molar-refractivity contribution is 0.204. The lowest BCUT2D eigenvalue weighted by atomic mass is 10.1. The zero-order valence-corrected chi connectivity index (χ0v) is 19.3. The molecule has 0 atom stereocenters. The largest absolute Gasteiger partial charge is 0.383 e. The molecule has 2 N–H and O–H groups in total. The highest BCUT2D eigenvalue weighted by Crippen LogP contribution is 2.29. The minimum absolute atomic E-state index is 0.132. The van der Waals surface area contributed by atoms with Crippen molar-refractivity contribution in [2.45, 2.75) is 4.90 Å². The van der Waals surface area contributed by atoms with E-state index >= 15 is 0 Å². The monoisotopic (exact) mass is 519 g/mol. The molecule has 0 saturated carbocycles. The summed E-state index contributed by atoms with van der Waals surface area (Å²) in [5.41, 5.74) is 1.92. The molecule has 0 bridgehead atoms. The Morgan fingerprint density at radius 1 is 1.16 bits per heavy atom. The van der Waals surface area contributed by atoms with Crippen molar-refractivity contribution in [3.63, 3.8) is 0 Å². The smallest absolute Gasteiger partial charge is 0.240 e. The second kappa shape index (κ2) is 9.33. The maximum Gasteiger partial charge on any atom is 0.240 e. The molecule has 4 aromatic rings. The molecule has 2 aromatic heterocycles. The number of benzene rings is 2. The molecule has 0 aliphatic carbocycles. The molecule has 0 saturated heterocycles. The first-order chi connectivity index (χ1) is 15.4. The minimum Gasteiger partial charge on any atom is -0.383 e. The molecule has 0 spiro atoms. The number of nitrogens with one attached hydrogen (secondary N) is 2. The second-order valence-electron chi connectivity index (χ2n) is 6.77. The number of halogens is 2. The van der Waals surface area contributed by atoms with Gasteiger partial charge in [0.2, 0.25) is 10.0 Å². The lowest BCUT2D eigenvalue weighted by Gasteiger charge is -2.12. The van der Waals surface area contributed by atoms with Gasteiger partial charge in [-0.25, -0.2) is 22.5 Å². The van der Waals surface area contributed by atoms with Gasteiger partial charge < -0.3 is 10.1 Å². The molecular weight excluding hydrogens is 501 g/mol. The van der Waals surface area contributed by atoms with Crippen LogP contribution in [0, 0.1) is 5.82 Å². The normalized spacial score (nSPS) is 11.7. The minimum atomic E-state index is -3.63. The number of hydrogen-bond donors (Lipinski definition) is 2. The van der Waals surface area contributed by atoms with E-state index in [4.69, 9.17) is 4.74 Å². The van der Waals surface area contributed by atoms with E-state index in [1.807, 2.05) is 0 Å². The summed E-state index contributed by atoms with van der Waals surface area (Å²) < 4.78 is 48.6. The van der Waals surface area contributed by atoms with Crippen LogP contribution in [-0.4, -0.2) is 43.3 Å². The second-order valence-corrected chi connectivity index (χ2v) is 9.40. The number of ether oxygens (including phenoxy) is 1. The van der Waals surface area contributed by atoms with E-state index in [0.29, 0.717) is 32.9 Å². The van der Waals surface area contributed by atoms with Gasteiger partial charge >= 0.3 is 0 Å². The predicted octanol–water partition coefficient (Wildman–Crippen LogP) is 3.97. The fraction of sp³-hybridized carbons (Fsp3) is 0.143. The molecular formula is C21H19BrFN5O3S. The third kappa shape index (κ3) is 4.65. The van der Waals surface area contributed by atoms with Crippen molar-refractivity contribution in [1.82, 2.24) is 19.3 Å². The maximum atomic E-state index is 14.4. The van der Waals surface area contributed by atoms with Crippen molar-refractivity contribution in [3.05, 3.63) is 71.1 Å². The molecule has 0 aliphatic rings. The third-order valence-corrected chi connectivity index (χ3v) is 6.65. The Hall–Kier alpha value is -2.86. The van der Waals surface area contributed by atoms with Gasteiger partial charge in [-0.15, -0.1) is 0 Å². The van der Waals surface area contributed by atoms with Crippen LogP contribution in [-0.2, 0) is 14.8 Å². The van der Waals surface area contributed by atoms with Crippen molar-refractivity contribution < 1.29 is 17.5 Å². The van der Waals surface area contributed by atoms with E-state index in [-0.39, 0.29) is 23.9 Å². The van der Waals surface area contributed by atoms with Crippen molar-refractivity contribution in [1.29, 1.82) is 0 Å². The first-order valence-electron chi connectivity index (χ1n) is 9.54. The molecule has 8 nitrogen and oxygen atoms in total. The number of sulfonamides is 1. The molecule has 166 valence electrons. The van der Waals surface area contributed by atoms with Crippen LogP contribution in [0.3, 0.4) is 0 Å². The van der Waals surface area contributed by atoms with Crippen LogP contribution in [0.25, 0.3) is 16.9 Å². The molecule has 0 fully saturated rings. The number of hydrogen-bond acceptors (Lipinski definition) is 6. The topological polar surface area (TPSA) is 97.6 Å². The Bertz CT molecular complexity index is 1360. The molecule has 0 amide bonds. The number of rotatable bonds is 8. The molecule has 0 aliphatic heterocycles. The fourth-order valence-corrected chi connectivity index (χ4v) is 4.42. The van der Waals surface area contributed by atoms with Crippen LogP contribution < -0.4 is 10.0 Å². The van der Waals surface area contributed by atoms with Crippen molar-refractivity contribution in [2.24, 2.45) is 0 Å². The van der Waals surface area contributed by atoms with Gasteiger partial charge in [-0.1, -0.05) is 12.1 Å². The van der Waals surface area contributed by atoms with E-state index < -0.39 is 10.0 Å². The van der Waals surface area contributed by atoms with Crippen LogP contribution in [0.5, 0.6) is 0 Å². The summed E-state index contributed by atoms with van der Waals surface area (Å²) in [6.45, 7) is 0.460. The van der Waals surface area contributed by atoms with E-state index in [1.165, 1.54) is 25.3 Å². The standard InChI is InChI=1S/C21H19BrFN5O3S/c1-31-11-10-25-32(29,30)15-8-6-14(7-9-15)26-20-12-19(16-4-2-3-5-18(16)23)27-21-17(22)13-24-28(20)21/h2-9,12-13,25-26H,10-11H2,1H3. The Morgan fingerprint density at radius 3 is 2.62 bits per heavy atom. The highest BCUT2D eigenvalue weighted by molar-refractivity contribution is 9.10. The zero-order chi connectivity index (χ0) is 22.7. The SMILES string of the molecule is COCCNS(=O)(=O)c1ccc(Nc2cc(-c3ccccc3F)nc3c(Br)cnn23)cc1. The maximum absolute atomic E-state index is 14.4. The van der Waals surface area contributed by atoms with Crippen molar-refractivity contribution >= 4 is 43.1 Å². The van der Waals surface area contributed by atoms with Gasteiger partial charge in [0.25, 0.3) is 0 Å². The van der Waals surface area contributed by atoms with Gasteiger partial charge in [-0.2, -0.15) is 9.61 Å². The van der Waals surface area contributed by atoms with Crippen LogP contribution in [0.15, 0.2) is 70.2 Å². The summed E-state index contributed by atoms with van der Waals surface area (Å²) in [4.78, 5) is 4.66. The van der Waals surface area contributed by atoms with Crippen molar-refractivity contribution in [2.75, 3.05) is 25.6 Å². The number of anilines is 2. The summed E-state index contributed by atoms with van der Waals surface area (Å²) in [6, 6.07) is 14.3. The van der Waals surface area contributed by atoms with Gasteiger partial charge in [-0.05, 0) is 52.3 Å². The lowest BCUT2D eigenvalue weighted by Crippen LogP contribution is -2.27. The van der Waals surface area contributed by atoms with Crippen molar-refractivity contribution in [3.8, 4) is 11.3 Å². The average Bonchev–Trinajstić information content (AvgIpc) is 3.15. The Balaban J connectivity index is 1.66. The summed E-state index contributed by atoms with van der Waals surface area (Å²) in [5, 5.41) is 7.51. The highest BCUT2D eigenvalue weighted by Gasteiger charge is 2.16. The fourth-order valence-electron chi connectivity index (χ4n) is 3.06. The van der Waals surface area contributed by atoms with Gasteiger partial charge in [-0.3, -0.25) is 0 Å². The van der Waals surface area contributed by atoms with Gasteiger partial charge in [0.1, 0.15) is 11.6 Å². The van der Waals surface area contributed by atoms with Gasteiger partial charge in [0, 0.05) is 31.0 Å². The molecule has 2 aromatic carbocycles. The summed E-state index contributed by atoms with van der Waals surface area (Å²) in [6.07, 6.45) is 1.60. The number of fused-ring (bicyclic) bond motifs is 1. The molecule has 32 heavy (non-hydrogen) atoms. The van der Waals surface area contributed by atoms with Gasteiger partial charge in [0.05, 0.1) is 27.9 Å². The number of aromatic nitrogens is 3. The Kier molecular flexibility index (Phi) is 6.51. The first kappa shape index (κ1) is 22.3. The number of nitrogens with zero attached hydrogens (tertiary/aromatic N) is 3. The molecule has 2 heterocycles. The molecule has 4 rings (SSSR count). The van der Waals surface area contributed by atoms with E-state index in [9.17, 15) is 12.8 Å². The molecule has 11 heteroatoms. The molecule has 0 unspecified atom stereocenters. The van der Waals surface area contributed by atoms with E-state index in [2.05, 4.69) is 36.1 Å². The third-order valence-electron chi connectivity index (χ3n) is 4.61. The summed E-state index contributed by atoms with van der Waals surface area (Å²) >= 11 is 3.42. The summed E-state index contributed by atoms with van der Waals surface area (Å²) in [5.74, 6) is 0.147. The Morgan fingerprint density at radius 2 is 1.91 bits per heavy atom. The van der Waals surface area contributed by atoms with Crippen LogP contribution in [0.1, 0.15) is 0 Å². The van der Waals surface area contributed by atoms with Crippen LogP contribution >= 0.6 is 15.9 Å². The average molecular weight is 520 g/mol. The quantitative estimate of drug-likeness (QED) is 0.342. The first-order valence-corrected chi connectivity index (χ1v) is 11.8. The van der Waals surface area contributed by atoms with Crippen LogP contribution in [0.4, 0.5) is 15.9 Å². The predicted molar refractivity (Wildman–Crippen MR) is 123 cm³/mol. The Labute approximate surface area is 192 Å².